The summed E-state index contributed by atoms with van der Waals surface area (Å²) in [5.74, 6) is 0.807. The first-order valence-electron chi connectivity index (χ1n) is 3.73. The molecule has 1 atom stereocenters. The summed E-state index contributed by atoms with van der Waals surface area (Å²) in [6.45, 7) is 0.518. The van der Waals surface area contributed by atoms with Gasteiger partial charge in [-0.2, -0.15) is 5.26 Å². The minimum atomic E-state index is -0.0756. The lowest BCUT2D eigenvalue weighted by atomic mass is 10.1. The van der Waals surface area contributed by atoms with Crippen molar-refractivity contribution in [2.45, 2.75) is 6.04 Å². The molecule has 2 N–H and O–H groups in total. The summed E-state index contributed by atoms with van der Waals surface area (Å²) < 4.78 is 5.28. The van der Waals surface area contributed by atoms with Gasteiger partial charge in [0.05, 0.1) is 17.7 Å². The van der Waals surface area contributed by atoms with Gasteiger partial charge in [0.15, 0.2) is 0 Å². The molecule has 60 valence electrons. The average molecular weight is 160 g/mol. The second-order valence-corrected chi connectivity index (χ2v) is 2.78. The lowest BCUT2D eigenvalue weighted by molar-refractivity contribution is 0.333. The maximum absolute atomic E-state index is 8.62. The van der Waals surface area contributed by atoms with Crippen molar-refractivity contribution in [1.82, 2.24) is 0 Å². The van der Waals surface area contributed by atoms with Gasteiger partial charge in [-0.15, -0.1) is 0 Å². The molecule has 1 aliphatic rings. The summed E-state index contributed by atoms with van der Waals surface area (Å²) in [7, 11) is 0. The number of nitriles is 1. The zero-order valence-electron chi connectivity index (χ0n) is 6.45. The van der Waals surface area contributed by atoms with E-state index in [4.69, 9.17) is 15.7 Å². The van der Waals surface area contributed by atoms with Gasteiger partial charge < -0.3 is 10.5 Å². The van der Waals surface area contributed by atoms with Crippen LogP contribution in [0.2, 0.25) is 0 Å². The Bertz CT molecular complexity index is 354. The number of nitrogens with zero attached hydrogens (tertiary/aromatic N) is 1. The van der Waals surface area contributed by atoms with Crippen LogP contribution in [-0.4, -0.2) is 6.61 Å². The van der Waals surface area contributed by atoms with Crippen LogP contribution in [-0.2, 0) is 0 Å². The van der Waals surface area contributed by atoms with E-state index in [-0.39, 0.29) is 6.04 Å². The molecule has 1 aromatic rings. The third kappa shape index (κ3) is 0.936. The number of nitrogens with two attached hydrogens (primary N) is 1. The molecular weight excluding hydrogens is 152 g/mol. The Morgan fingerprint density at radius 3 is 3.17 bits per heavy atom. The van der Waals surface area contributed by atoms with Gasteiger partial charge in [0.25, 0.3) is 0 Å². The first-order chi connectivity index (χ1) is 5.81. The van der Waals surface area contributed by atoms with Crippen molar-refractivity contribution in [3.8, 4) is 11.8 Å². The van der Waals surface area contributed by atoms with Crippen LogP contribution in [0.25, 0.3) is 0 Å². The van der Waals surface area contributed by atoms with Gasteiger partial charge in [0.2, 0.25) is 0 Å². The molecule has 0 saturated heterocycles. The summed E-state index contributed by atoms with van der Waals surface area (Å²) in [5, 5.41) is 8.62. The van der Waals surface area contributed by atoms with Crippen LogP contribution in [0, 0.1) is 11.3 Å². The minimum absolute atomic E-state index is 0.0756. The predicted octanol–water partition coefficient (Wildman–Crippen LogP) is 0.950. The van der Waals surface area contributed by atoms with E-state index in [1.54, 1.807) is 18.2 Å². The van der Waals surface area contributed by atoms with Gasteiger partial charge in [0, 0.05) is 5.56 Å². The summed E-state index contributed by atoms with van der Waals surface area (Å²) in [6.07, 6.45) is 0. The molecular formula is C9H8N2O. The molecule has 0 spiro atoms. The first kappa shape index (κ1) is 7.14. The van der Waals surface area contributed by atoms with E-state index in [0.717, 1.165) is 11.3 Å². The number of benzene rings is 1. The lowest BCUT2D eigenvalue weighted by Gasteiger charge is -1.99. The normalized spacial score (nSPS) is 19.5. The standard InChI is InChI=1S/C9H8N2O/c10-4-6-1-2-9-7(3-6)8(11)5-12-9/h1-3,8H,5,11H2/t8-/m0/s1. The fourth-order valence-electron chi connectivity index (χ4n) is 1.31. The lowest BCUT2D eigenvalue weighted by Crippen LogP contribution is -2.10. The van der Waals surface area contributed by atoms with Crippen molar-refractivity contribution in [2.24, 2.45) is 5.73 Å². The van der Waals surface area contributed by atoms with E-state index < -0.39 is 0 Å². The van der Waals surface area contributed by atoms with Crippen LogP contribution in [0.5, 0.6) is 5.75 Å². The maximum atomic E-state index is 8.62. The van der Waals surface area contributed by atoms with Crippen molar-refractivity contribution >= 4 is 0 Å². The predicted molar refractivity (Wildman–Crippen MR) is 43.6 cm³/mol. The Morgan fingerprint density at radius 2 is 2.42 bits per heavy atom. The molecule has 0 aliphatic carbocycles. The fourth-order valence-corrected chi connectivity index (χ4v) is 1.31. The second-order valence-electron chi connectivity index (χ2n) is 2.78. The number of hydrogen-bond acceptors (Lipinski definition) is 3. The highest BCUT2D eigenvalue weighted by Gasteiger charge is 2.20. The molecule has 0 saturated carbocycles. The molecule has 1 aromatic carbocycles. The topological polar surface area (TPSA) is 59.0 Å². The molecule has 3 nitrogen and oxygen atoms in total. The number of fused-ring (bicyclic) bond motifs is 1. The van der Waals surface area contributed by atoms with E-state index in [0.29, 0.717) is 12.2 Å². The monoisotopic (exact) mass is 160 g/mol. The van der Waals surface area contributed by atoms with Crippen molar-refractivity contribution in [1.29, 1.82) is 5.26 Å². The molecule has 2 rings (SSSR count). The van der Waals surface area contributed by atoms with E-state index in [1.165, 1.54) is 0 Å². The molecule has 0 aromatic heterocycles. The minimum Gasteiger partial charge on any atom is -0.491 e. The van der Waals surface area contributed by atoms with Crippen LogP contribution in [0.15, 0.2) is 18.2 Å². The van der Waals surface area contributed by atoms with E-state index in [1.807, 2.05) is 0 Å². The van der Waals surface area contributed by atoms with Crippen LogP contribution in [0.1, 0.15) is 17.2 Å². The van der Waals surface area contributed by atoms with Gasteiger partial charge in [-0.3, -0.25) is 0 Å². The quantitative estimate of drug-likeness (QED) is 0.614. The molecule has 0 fully saturated rings. The number of hydrogen-bond donors (Lipinski definition) is 1. The van der Waals surface area contributed by atoms with Crippen molar-refractivity contribution < 1.29 is 4.74 Å². The van der Waals surface area contributed by atoms with E-state index >= 15 is 0 Å². The van der Waals surface area contributed by atoms with Gasteiger partial charge in [-0.1, -0.05) is 0 Å². The average Bonchev–Trinajstić information content (AvgIpc) is 2.47. The fraction of sp³-hybridized carbons (Fsp3) is 0.222. The molecule has 0 amide bonds. The molecule has 12 heavy (non-hydrogen) atoms. The highest BCUT2D eigenvalue weighted by molar-refractivity contribution is 5.45. The summed E-state index contributed by atoms with van der Waals surface area (Å²) in [4.78, 5) is 0. The molecule has 0 unspecified atom stereocenters. The van der Waals surface area contributed by atoms with Crippen LogP contribution in [0.4, 0.5) is 0 Å². The maximum Gasteiger partial charge on any atom is 0.124 e. The summed E-state index contributed by atoms with van der Waals surface area (Å²) in [5.41, 5.74) is 7.31. The van der Waals surface area contributed by atoms with Crippen LogP contribution < -0.4 is 10.5 Å². The third-order valence-electron chi connectivity index (χ3n) is 1.96. The number of ether oxygens (including phenoxy) is 1. The zero-order valence-corrected chi connectivity index (χ0v) is 6.45. The second kappa shape index (κ2) is 2.50. The number of rotatable bonds is 0. The Morgan fingerprint density at radius 1 is 1.58 bits per heavy atom. The van der Waals surface area contributed by atoms with Crippen molar-refractivity contribution in [3.63, 3.8) is 0 Å². The Balaban J connectivity index is 2.52. The molecule has 0 bridgehead atoms. The van der Waals surface area contributed by atoms with E-state index in [2.05, 4.69) is 6.07 Å². The zero-order chi connectivity index (χ0) is 8.55. The Hall–Kier alpha value is -1.53. The van der Waals surface area contributed by atoms with E-state index in [9.17, 15) is 0 Å². The van der Waals surface area contributed by atoms with Gasteiger partial charge in [-0.05, 0) is 18.2 Å². The van der Waals surface area contributed by atoms with Gasteiger partial charge in [-0.25, -0.2) is 0 Å². The largest absolute Gasteiger partial charge is 0.491 e. The highest BCUT2D eigenvalue weighted by atomic mass is 16.5. The molecule has 0 radical (unpaired) electrons. The molecule has 3 heteroatoms. The smallest absolute Gasteiger partial charge is 0.124 e. The van der Waals surface area contributed by atoms with Gasteiger partial charge in [0.1, 0.15) is 12.4 Å². The molecule has 1 heterocycles. The van der Waals surface area contributed by atoms with Gasteiger partial charge >= 0.3 is 0 Å². The summed E-state index contributed by atoms with van der Waals surface area (Å²) >= 11 is 0. The highest BCUT2D eigenvalue weighted by Crippen LogP contribution is 2.30. The Kier molecular flexibility index (Phi) is 1.49. The Labute approximate surface area is 70.4 Å². The third-order valence-corrected chi connectivity index (χ3v) is 1.96. The van der Waals surface area contributed by atoms with Crippen molar-refractivity contribution in [3.05, 3.63) is 29.3 Å². The summed E-state index contributed by atoms with van der Waals surface area (Å²) in [6, 6.07) is 7.30. The van der Waals surface area contributed by atoms with Crippen LogP contribution in [0.3, 0.4) is 0 Å². The SMILES string of the molecule is N#Cc1ccc2c(c1)[C@@H](N)CO2. The molecule has 1 aliphatic heterocycles. The first-order valence-corrected chi connectivity index (χ1v) is 3.73. The van der Waals surface area contributed by atoms with Crippen LogP contribution >= 0.6 is 0 Å². The van der Waals surface area contributed by atoms with Crippen molar-refractivity contribution in [2.75, 3.05) is 6.61 Å².